The maximum atomic E-state index is 10.6. The molecule has 2 atom stereocenters. The summed E-state index contributed by atoms with van der Waals surface area (Å²) in [5.74, 6) is 0.869. The second-order valence-corrected chi connectivity index (χ2v) is 7.53. The molecule has 0 amide bonds. The van der Waals surface area contributed by atoms with Crippen LogP contribution in [0.4, 0.5) is 5.82 Å². The Morgan fingerprint density at radius 2 is 2.13 bits per heavy atom. The molecule has 2 fully saturated rings. The van der Waals surface area contributed by atoms with Gasteiger partial charge in [-0.2, -0.15) is 0 Å². The van der Waals surface area contributed by atoms with Crippen LogP contribution in [0.3, 0.4) is 0 Å². The van der Waals surface area contributed by atoms with E-state index in [1.807, 2.05) is 6.20 Å². The molecule has 0 bridgehead atoms. The minimum absolute atomic E-state index is 0.219. The molecule has 2 aromatic rings. The number of fused-ring (bicyclic) bond motifs is 1. The van der Waals surface area contributed by atoms with Crippen LogP contribution >= 0.6 is 0 Å². The van der Waals surface area contributed by atoms with Crippen molar-refractivity contribution in [1.82, 2.24) is 19.9 Å². The highest BCUT2D eigenvalue weighted by Crippen LogP contribution is 2.47. The Morgan fingerprint density at radius 3 is 2.91 bits per heavy atom. The van der Waals surface area contributed by atoms with Crippen molar-refractivity contribution >= 4 is 16.9 Å². The van der Waals surface area contributed by atoms with Crippen molar-refractivity contribution in [2.45, 2.75) is 45.3 Å². The van der Waals surface area contributed by atoms with Gasteiger partial charge in [-0.3, -0.25) is 4.90 Å². The van der Waals surface area contributed by atoms with Crippen LogP contribution in [0.25, 0.3) is 11.0 Å². The predicted octanol–water partition coefficient (Wildman–Crippen LogP) is 1.91. The molecule has 3 heterocycles. The first-order chi connectivity index (χ1) is 11.1. The van der Waals surface area contributed by atoms with Crippen LogP contribution in [0.1, 0.15) is 38.2 Å². The quantitative estimate of drug-likeness (QED) is 0.805. The topological polar surface area (TPSA) is 91.1 Å². The number of β-amino-alcohol motifs (C(OH)–C–C–N with tert-alkyl or cyclic N) is 1. The molecule has 4 N–H and O–H groups in total. The number of H-pyrrole nitrogens is 1. The predicted molar refractivity (Wildman–Crippen MR) is 89.6 cm³/mol. The third-order valence-electron chi connectivity index (χ3n) is 5.97. The van der Waals surface area contributed by atoms with Gasteiger partial charge < -0.3 is 15.8 Å². The van der Waals surface area contributed by atoms with Gasteiger partial charge in [0, 0.05) is 37.3 Å². The Balaban J connectivity index is 1.52. The highest BCUT2D eigenvalue weighted by Gasteiger charge is 2.45. The Hall–Kier alpha value is -1.66. The number of hydrogen-bond donors (Lipinski definition) is 3. The van der Waals surface area contributed by atoms with Crippen LogP contribution in [0, 0.1) is 11.3 Å². The standard InChI is InChI=1S/C17H25N5O/c1-17(4-2-3-5-17)12-8-22(9-13(12)23)7-11-6-19-15-14(11)20-10-21-16(15)18/h6,10,12-13,19,23H,2-5,7-9H2,1H3,(H2,18,20,21). The van der Waals surface area contributed by atoms with Crippen LogP contribution in [0.2, 0.25) is 0 Å². The summed E-state index contributed by atoms with van der Waals surface area (Å²) in [5.41, 5.74) is 9.01. The van der Waals surface area contributed by atoms with Crippen molar-refractivity contribution < 1.29 is 5.11 Å². The minimum Gasteiger partial charge on any atom is -0.391 e. The Labute approximate surface area is 136 Å². The van der Waals surface area contributed by atoms with Gasteiger partial charge in [-0.1, -0.05) is 19.8 Å². The van der Waals surface area contributed by atoms with Crippen molar-refractivity contribution in [3.63, 3.8) is 0 Å². The fraction of sp³-hybridized carbons (Fsp3) is 0.647. The summed E-state index contributed by atoms with van der Waals surface area (Å²) in [6.45, 7) is 4.86. The van der Waals surface area contributed by atoms with Gasteiger partial charge in [-0.25, -0.2) is 9.97 Å². The summed E-state index contributed by atoms with van der Waals surface area (Å²) >= 11 is 0. The van der Waals surface area contributed by atoms with Crippen molar-refractivity contribution in [3.8, 4) is 0 Å². The van der Waals surface area contributed by atoms with Crippen LogP contribution in [-0.2, 0) is 6.54 Å². The van der Waals surface area contributed by atoms with E-state index in [-0.39, 0.29) is 6.10 Å². The number of aliphatic hydroxyl groups is 1. The Kier molecular flexibility index (Phi) is 3.54. The molecule has 0 radical (unpaired) electrons. The van der Waals surface area contributed by atoms with Gasteiger partial charge in [0.15, 0.2) is 5.82 Å². The van der Waals surface area contributed by atoms with E-state index in [1.54, 1.807) is 0 Å². The van der Waals surface area contributed by atoms with E-state index >= 15 is 0 Å². The van der Waals surface area contributed by atoms with E-state index in [0.717, 1.165) is 36.2 Å². The van der Waals surface area contributed by atoms with Crippen LogP contribution < -0.4 is 5.73 Å². The molecule has 0 aromatic carbocycles. The van der Waals surface area contributed by atoms with E-state index in [9.17, 15) is 5.11 Å². The average molecular weight is 315 g/mol. The second-order valence-electron chi connectivity index (χ2n) is 7.53. The van der Waals surface area contributed by atoms with Gasteiger partial charge in [0.2, 0.25) is 0 Å². The number of hydrogen-bond acceptors (Lipinski definition) is 5. The van der Waals surface area contributed by atoms with Crippen LogP contribution in [-0.4, -0.2) is 44.2 Å². The molecule has 6 nitrogen and oxygen atoms in total. The second kappa shape index (κ2) is 5.46. The lowest BCUT2D eigenvalue weighted by molar-refractivity contribution is 0.0657. The molecule has 2 aliphatic rings. The minimum atomic E-state index is -0.219. The summed E-state index contributed by atoms with van der Waals surface area (Å²) in [7, 11) is 0. The smallest absolute Gasteiger partial charge is 0.151 e. The van der Waals surface area contributed by atoms with E-state index in [1.165, 1.54) is 32.0 Å². The summed E-state index contributed by atoms with van der Waals surface area (Å²) in [5, 5.41) is 10.6. The normalized spacial score (nSPS) is 27.9. The monoisotopic (exact) mass is 315 g/mol. The number of likely N-dealkylation sites (tertiary alicyclic amines) is 1. The molecule has 1 aliphatic carbocycles. The summed E-state index contributed by atoms with van der Waals surface area (Å²) in [6, 6.07) is 0. The van der Waals surface area contributed by atoms with Gasteiger partial charge in [0.1, 0.15) is 11.8 Å². The number of nitrogen functional groups attached to an aromatic ring is 1. The van der Waals surface area contributed by atoms with Gasteiger partial charge >= 0.3 is 0 Å². The fourth-order valence-electron chi connectivity index (χ4n) is 4.61. The van der Waals surface area contributed by atoms with E-state index in [0.29, 0.717) is 17.2 Å². The van der Waals surface area contributed by atoms with Gasteiger partial charge in [-0.05, 0) is 18.3 Å². The largest absolute Gasteiger partial charge is 0.391 e. The maximum absolute atomic E-state index is 10.6. The number of aromatic nitrogens is 3. The number of nitrogens with one attached hydrogen (secondary N) is 1. The lowest BCUT2D eigenvalue weighted by Gasteiger charge is -2.33. The first kappa shape index (κ1) is 14.9. The third-order valence-corrected chi connectivity index (χ3v) is 5.97. The SMILES string of the molecule is CC1(C2CN(Cc3c[nH]c4c(N)ncnc34)CC2O)CCCC1. The average Bonchev–Trinajstić information content (AvgIpc) is 3.21. The number of rotatable bonds is 3. The number of nitrogens with two attached hydrogens (primary N) is 1. The molecule has 4 rings (SSSR count). The lowest BCUT2D eigenvalue weighted by Crippen LogP contribution is -2.33. The van der Waals surface area contributed by atoms with Crippen LogP contribution in [0.5, 0.6) is 0 Å². The first-order valence-corrected chi connectivity index (χ1v) is 8.54. The highest BCUT2D eigenvalue weighted by atomic mass is 16.3. The molecule has 23 heavy (non-hydrogen) atoms. The fourth-order valence-corrected chi connectivity index (χ4v) is 4.61. The lowest BCUT2D eigenvalue weighted by atomic mass is 9.74. The zero-order valence-corrected chi connectivity index (χ0v) is 13.6. The zero-order valence-electron chi connectivity index (χ0n) is 13.6. The number of aromatic amines is 1. The zero-order chi connectivity index (χ0) is 16.0. The van der Waals surface area contributed by atoms with Crippen molar-refractivity contribution in [2.75, 3.05) is 18.8 Å². The van der Waals surface area contributed by atoms with E-state index in [4.69, 9.17) is 5.73 Å². The molecule has 2 unspecified atom stereocenters. The van der Waals surface area contributed by atoms with Crippen LogP contribution in [0.15, 0.2) is 12.5 Å². The molecule has 1 saturated heterocycles. The van der Waals surface area contributed by atoms with Gasteiger partial charge in [-0.15, -0.1) is 0 Å². The maximum Gasteiger partial charge on any atom is 0.151 e. The molecular weight excluding hydrogens is 290 g/mol. The number of anilines is 1. The van der Waals surface area contributed by atoms with Crippen molar-refractivity contribution in [3.05, 3.63) is 18.1 Å². The molecule has 1 saturated carbocycles. The Bertz CT molecular complexity index is 706. The molecule has 124 valence electrons. The molecule has 2 aromatic heterocycles. The van der Waals surface area contributed by atoms with E-state index in [2.05, 4.69) is 26.8 Å². The summed E-state index contributed by atoms with van der Waals surface area (Å²) < 4.78 is 0. The number of nitrogens with zero attached hydrogens (tertiary/aromatic N) is 3. The highest BCUT2D eigenvalue weighted by molar-refractivity contribution is 5.86. The van der Waals surface area contributed by atoms with Gasteiger partial charge in [0.25, 0.3) is 0 Å². The third kappa shape index (κ3) is 2.50. The molecule has 6 heteroatoms. The summed E-state index contributed by atoms with van der Waals surface area (Å²) in [4.78, 5) is 13.9. The van der Waals surface area contributed by atoms with Crippen molar-refractivity contribution in [2.24, 2.45) is 11.3 Å². The summed E-state index contributed by atoms with van der Waals surface area (Å²) in [6.07, 6.45) is 8.36. The number of aliphatic hydroxyl groups excluding tert-OH is 1. The molecule has 0 spiro atoms. The van der Waals surface area contributed by atoms with Gasteiger partial charge in [0.05, 0.1) is 11.6 Å². The molecular formula is C17H25N5O. The van der Waals surface area contributed by atoms with E-state index < -0.39 is 0 Å². The first-order valence-electron chi connectivity index (χ1n) is 8.54. The Morgan fingerprint density at radius 1 is 1.35 bits per heavy atom. The van der Waals surface area contributed by atoms with Crippen molar-refractivity contribution in [1.29, 1.82) is 0 Å². The molecule has 1 aliphatic heterocycles.